The number of para-hydroxylation sites is 1. The average Bonchev–Trinajstić information content (AvgIpc) is 2.61. The van der Waals surface area contributed by atoms with Crippen molar-refractivity contribution in [3.63, 3.8) is 0 Å². The van der Waals surface area contributed by atoms with Crippen LogP contribution in [-0.4, -0.2) is 27.4 Å². The molecule has 0 aromatic heterocycles. The molecule has 1 heterocycles. The molecule has 1 aliphatic heterocycles. The molecule has 5 nitrogen and oxygen atoms in total. The molecule has 0 radical (unpaired) electrons. The molecule has 1 aliphatic rings. The number of amides is 1. The highest BCUT2D eigenvalue weighted by Crippen LogP contribution is 2.27. The largest absolute Gasteiger partial charge is 0.312 e. The van der Waals surface area contributed by atoms with E-state index in [1.54, 1.807) is 23.1 Å². The highest BCUT2D eigenvalue weighted by atomic mass is 32.2. The lowest BCUT2D eigenvalue weighted by Gasteiger charge is -2.29. The fourth-order valence-electron chi connectivity index (χ4n) is 2.90. The lowest BCUT2D eigenvalue weighted by Crippen LogP contribution is -2.37. The molecule has 0 atom stereocenters. The second kappa shape index (κ2) is 7.15. The number of hydrogen-bond donors (Lipinski definition) is 1. The average molecular weight is 344 g/mol. The standard InChI is InChI=1S/C18H20N2O3S/c21-18(20-14-6-8-15-7-4-5-11-17(15)20)12-13-19-24(22,23)16-9-2-1-3-10-16/h1-5,7,9-11,19H,6,8,12-14H2. The van der Waals surface area contributed by atoms with Crippen LogP contribution in [0.15, 0.2) is 59.5 Å². The van der Waals surface area contributed by atoms with E-state index in [1.807, 2.05) is 24.3 Å². The van der Waals surface area contributed by atoms with Crippen LogP contribution >= 0.6 is 0 Å². The second-order valence-corrected chi connectivity index (χ2v) is 7.51. The van der Waals surface area contributed by atoms with Crippen molar-refractivity contribution >= 4 is 21.6 Å². The Bertz CT molecular complexity index is 819. The first-order chi connectivity index (χ1) is 11.6. The summed E-state index contributed by atoms with van der Waals surface area (Å²) in [5.41, 5.74) is 2.11. The van der Waals surface area contributed by atoms with Gasteiger partial charge in [-0.2, -0.15) is 0 Å². The fraction of sp³-hybridized carbons (Fsp3) is 0.278. The third-order valence-electron chi connectivity index (χ3n) is 4.10. The summed E-state index contributed by atoms with van der Waals surface area (Å²) in [7, 11) is -3.57. The van der Waals surface area contributed by atoms with Crippen LogP contribution in [0.25, 0.3) is 0 Å². The van der Waals surface area contributed by atoms with E-state index in [0.717, 1.165) is 18.5 Å². The van der Waals surface area contributed by atoms with Gasteiger partial charge in [-0.1, -0.05) is 36.4 Å². The zero-order valence-electron chi connectivity index (χ0n) is 13.3. The molecule has 0 aliphatic carbocycles. The van der Waals surface area contributed by atoms with Crippen molar-refractivity contribution in [2.24, 2.45) is 0 Å². The van der Waals surface area contributed by atoms with Crippen LogP contribution in [0.5, 0.6) is 0 Å². The smallest absolute Gasteiger partial charge is 0.240 e. The molecular formula is C18H20N2O3S. The van der Waals surface area contributed by atoms with Gasteiger partial charge < -0.3 is 4.90 Å². The van der Waals surface area contributed by atoms with Gasteiger partial charge in [0.1, 0.15) is 0 Å². The summed E-state index contributed by atoms with van der Waals surface area (Å²) in [6.45, 7) is 0.774. The summed E-state index contributed by atoms with van der Waals surface area (Å²) >= 11 is 0. The maximum absolute atomic E-state index is 12.5. The molecule has 0 saturated heterocycles. The molecular weight excluding hydrogens is 324 g/mol. The van der Waals surface area contributed by atoms with Gasteiger partial charge in [0.25, 0.3) is 0 Å². The van der Waals surface area contributed by atoms with Crippen molar-refractivity contribution in [1.82, 2.24) is 4.72 Å². The molecule has 0 spiro atoms. The van der Waals surface area contributed by atoms with Crippen LogP contribution < -0.4 is 9.62 Å². The maximum atomic E-state index is 12.5. The molecule has 0 saturated carbocycles. The number of carbonyl (C=O) groups excluding carboxylic acids is 1. The van der Waals surface area contributed by atoms with Crippen LogP contribution in [0.1, 0.15) is 18.4 Å². The van der Waals surface area contributed by atoms with Gasteiger partial charge in [-0.05, 0) is 36.6 Å². The summed E-state index contributed by atoms with van der Waals surface area (Å²) < 4.78 is 26.8. The minimum Gasteiger partial charge on any atom is -0.312 e. The summed E-state index contributed by atoms with van der Waals surface area (Å²) in [5.74, 6) is -0.0575. The molecule has 6 heteroatoms. The van der Waals surface area contributed by atoms with E-state index in [4.69, 9.17) is 0 Å². The minimum absolute atomic E-state index is 0.0575. The van der Waals surface area contributed by atoms with Crippen LogP contribution in [0.4, 0.5) is 5.69 Å². The Morgan fingerprint density at radius 2 is 1.75 bits per heavy atom. The maximum Gasteiger partial charge on any atom is 0.240 e. The summed E-state index contributed by atoms with van der Waals surface area (Å²) in [6, 6.07) is 16.0. The van der Waals surface area contributed by atoms with Crippen LogP contribution in [0.2, 0.25) is 0 Å². The number of nitrogens with zero attached hydrogens (tertiary/aromatic N) is 1. The Morgan fingerprint density at radius 1 is 1.04 bits per heavy atom. The summed E-state index contributed by atoms with van der Waals surface area (Å²) in [6.07, 6.45) is 2.04. The van der Waals surface area contributed by atoms with E-state index in [1.165, 1.54) is 17.7 Å². The SMILES string of the molecule is O=C(CCNS(=O)(=O)c1ccccc1)N1CCCc2ccccc21. The van der Waals surface area contributed by atoms with Crippen LogP contribution in [0.3, 0.4) is 0 Å². The fourth-order valence-corrected chi connectivity index (χ4v) is 3.96. The quantitative estimate of drug-likeness (QED) is 0.905. The Hall–Kier alpha value is -2.18. The zero-order chi connectivity index (χ0) is 17.0. The third kappa shape index (κ3) is 3.66. The third-order valence-corrected chi connectivity index (χ3v) is 5.57. The number of rotatable bonds is 5. The van der Waals surface area contributed by atoms with Crippen LogP contribution in [-0.2, 0) is 21.2 Å². The normalized spacial score (nSPS) is 14.2. The van der Waals surface area contributed by atoms with E-state index in [9.17, 15) is 13.2 Å². The highest BCUT2D eigenvalue weighted by Gasteiger charge is 2.22. The van der Waals surface area contributed by atoms with E-state index in [-0.39, 0.29) is 23.8 Å². The number of benzene rings is 2. The molecule has 1 N–H and O–H groups in total. The van der Waals surface area contributed by atoms with Gasteiger partial charge in [0.15, 0.2) is 0 Å². The Kier molecular flexibility index (Phi) is 4.97. The van der Waals surface area contributed by atoms with Gasteiger partial charge >= 0.3 is 0 Å². The molecule has 0 fully saturated rings. The minimum atomic E-state index is -3.57. The van der Waals surface area contributed by atoms with Crippen molar-refractivity contribution in [1.29, 1.82) is 0 Å². The second-order valence-electron chi connectivity index (χ2n) is 5.74. The van der Waals surface area contributed by atoms with Crippen molar-refractivity contribution in [3.8, 4) is 0 Å². The molecule has 1 amide bonds. The number of anilines is 1. The number of fused-ring (bicyclic) bond motifs is 1. The van der Waals surface area contributed by atoms with E-state index >= 15 is 0 Å². The lowest BCUT2D eigenvalue weighted by molar-refractivity contribution is -0.118. The molecule has 126 valence electrons. The molecule has 0 unspecified atom stereocenters. The molecule has 24 heavy (non-hydrogen) atoms. The van der Waals surface area contributed by atoms with E-state index < -0.39 is 10.0 Å². The first kappa shape index (κ1) is 16.7. The van der Waals surface area contributed by atoms with Gasteiger partial charge in [0, 0.05) is 25.2 Å². The summed E-state index contributed by atoms with van der Waals surface area (Å²) in [5, 5.41) is 0. The molecule has 2 aromatic carbocycles. The number of carbonyl (C=O) groups is 1. The van der Waals surface area contributed by atoms with Gasteiger partial charge in [-0.25, -0.2) is 13.1 Å². The first-order valence-corrected chi connectivity index (χ1v) is 9.49. The molecule has 0 bridgehead atoms. The summed E-state index contributed by atoms with van der Waals surface area (Å²) in [4.78, 5) is 14.4. The molecule has 2 aromatic rings. The number of aryl methyl sites for hydroxylation is 1. The van der Waals surface area contributed by atoms with Gasteiger partial charge in [-0.15, -0.1) is 0 Å². The topological polar surface area (TPSA) is 66.5 Å². The Morgan fingerprint density at radius 3 is 2.54 bits per heavy atom. The Balaban J connectivity index is 1.61. The first-order valence-electron chi connectivity index (χ1n) is 8.01. The molecule has 3 rings (SSSR count). The predicted molar refractivity (Wildman–Crippen MR) is 93.4 cm³/mol. The van der Waals surface area contributed by atoms with Crippen molar-refractivity contribution < 1.29 is 13.2 Å². The number of sulfonamides is 1. The van der Waals surface area contributed by atoms with Crippen LogP contribution in [0, 0.1) is 0 Å². The zero-order valence-corrected chi connectivity index (χ0v) is 14.1. The van der Waals surface area contributed by atoms with Gasteiger partial charge in [0.05, 0.1) is 4.90 Å². The lowest BCUT2D eigenvalue weighted by atomic mass is 10.0. The van der Waals surface area contributed by atoms with Gasteiger partial charge in [0.2, 0.25) is 15.9 Å². The van der Waals surface area contributed by atoms with Crippen molar-refractivity contribution in [2.75, 3.05) is 18.0 Å². The van der Waals surface area contributed by atoms with E-state index in [0.29, 0.717) is 6.54 Å². The van der Waals surface area contributed by atoms with Crippen molar-refractivity contribution in [3.05, 3.63) is 60.2 Å². The predicted octanol–water partition coefficient (Wildman–Crippen LogP) is 2.33. The monoisotopic (exact) mass is 344 g/mol. The number of hydrogen-bond acceptors (Lipinski definition) is 3. The van der Waals surface area contributed by atoms with Gasteiger partial charge in [-0.3, -0.25) is 4.79 Å². The van der Waals surface area contributed by atoms with Crippen molar-refractivity contribution in [2.45, 2.75) is 24.2 Å². The van der Waals surface area contributed by atoms with E-state index in [2.05, 4.69) is 4.72 Å². The number of nitrogens with one attached hydrogen (secondary N) is 1. The Labute approximate surface area is 142 Å². The highest BCUT2D eigenvalue weighted by molar-refractivity contribution is 7.89.